The van der Waals surface area contributed by atoms with E-state index >= 15 is 0 Å². The number of benzene rings is 1. The summed E-state index contributed by atoms with van der Waals surface area (Å²) in [5.41, 5.74) is 2.54. The summed E-state index contributed by atoms with van der Waals surface area (Å²) in [6.45, 7) is 10.1. The molecular weight excluding hydrogens is 3450 g/mol. The Kier molecular flexibility index (Phi) is 126. The Hall–Kier alpha value is 18.6. The van der Waals surface area contributed by atoms with Gasteiger partial charge in [-0.25, -0.2) is 0 Å². The first-order chi connectivity index (χ1) is 62.7. The van der Waals surface area contributed by atoms with Gasteiger partial charge in [0.2, 0.25) is 11.8 Å². The lowest BCUT2D eigenvalue weighted by atomic mass is 9.90. The van der Waals surface area contributed by atoms with E-state index in [1.807, 2.05) is 701 Å². The number of hydrogen-bond donors (Lipinski definition) is 0. The van der Waals surface area contributed by atoms with Crippen molar-refractivity contribution in [2.75, 3.05) is 32.7 Å². The van der Waals surface area contributed by atoms with Crippen molar-refractivity contribution in [1.29, 1.82) is 0 Å². The molecule has 1 unspecified atom stereocenters. The van der Waals surface area contributed by atoms with Crippen LogP contribution in [0.4, 0.5) is 0 Å². The average Bonchev–Trinajstić information content (AvgIpc) is 1.73. The van der Waals surface area contributed by atoms with Gasteiger partial charge in [0.1, 0.15) is 0 Å². The fourth-order valence-electron chi connectivity index (χ4n) is 6.46. The lowest BCUT2D eigenvalue weighted by Crippen LogP contribution is -2.58. The number of hydrogen-bond acceptors (Lipinski definition) is 6. The molecule has 4 rings (SSSR count). The number of carbonyl (C=O) groups excluding carboxylic acids is 2. The van der Waals surface area contributed by atoms with E-state index in [0.29, 0.717) is 18.3 Å². The van der Waals surface area contributed by atoms with Crippen molar-refractivity contribution < 1.29 is 9.59 Å². The molecule has 0 bridgehead atoms. The fourth-order valence-corrected chi connectivity index (χ4v) is 252. The highest BCUT2D eigenvalue weighted by molar-refractivity contribution is 8.87. The van der Waals surface area contributed by atoms with Gasteiger partial charge in [0.25, 0.3) is 0 Å². The molecule has 0 saturated carbocycles. The van der Waals surface area contributed by atoms with Crippen LogP contribution in [-0.2, 0) is 840 Å². The van der Waals surface area contributed by atoms with Gasteiger partial charge >= 0.3 is 0 Å². The van der Waals surface area contributed by atoms with Crippen molar-refractivity contribution in [1.82, 2.24) is 14.7 Å². The van der Waals surface area contributed by atoms with Gasteiger partial charge in [0.15, 0.2) is 0 Å². The van der Waals surface area contributed by atoms with E-state index in [-0.39, 0.29) is 23.9 Å². The molecule has 1 aromatic carbocycles. The van der Waals surface area contributed by atoms with E-state index in [2.05, 4.69) is 52.6 Å². The Morgan fingerprint density at radius 2 is 0.528 bits per heavy atom. The summed E-state index contributed by atoms with van der Waals surface area (Å²) in [5, 5.41) is 5.11. The molecule has 742 valence electrons. The standard InChI is InChI=1S/C27H36ClN3O2S.S93/c1-19(2)25-17-30(27(23-10-15-34-18-23)22-4-6-24(28)7-5-22)13-14-31(25)26(33)16-21-8-11-29(12-9-21)20(3)32;1-3-5-7-9-11-13-15-17-19-21-23-25-27-29-31-33-35-37-39-41-43-45-47-49-51-53-55-57-59-61-63-65-67-69-71-73-75-77-79-81-83-85-87-89-91-93-92-90-88-86-84-82-80-78-76-74-72-70-68-66-64-62-60-58-56-54-52-50-48-46-44-42-40-38-36-34-32-30-28-26-24-22-20-18-16-14-12-10-8-6-4-2/h4-7,10,15,18-19,21,25,27H,8-9,11-14,16-17H2,1-3H3;/t25-,27?;/m1./s1. The second-order valence-electron chi connectivity index (χ2n) is 16.2. The molecule has 3 heterocycles. The first kappa shape index (κ1) is 140. The van der Waals surface area contributed by atoms with Crippen LogP contribution in [0, 0.1) is 11.8 Å². The van der Waals surface area contributed by atoms with Gasteiger partial charge in [0, 0.05) is 888 Å². The zero-order valence-corrected chi connectivity index (χ0v) is 136. The smallest absolute Gasteiger partial charge is 0.223 e. The second-order valence-corrected chi connectivity index (χ2v) is 178. The van der Waals surface area contributed by atoms with Gasteiger partial charge in [0.05, 0.1) is 6.04 Å². The molecule has 2 aromatic rings. The van der Waals surface area contributed by atoms with Gasteiger partial charge < -0.3 is 9.80 Å². The lowest BCUT2D eigenvalue weighted by Gasteiger charge is -2.46. The van der Waals surface area contributed by atoms with E-state index < -0.39 is 0 Å². The molecular formula is C27H36ClN3O2S94. The van der Waals surface area contributed by atoms with Crippen LogP contribution in [0.3, 0.4) is 0 Å². The maximum Gasteiger partial charge on any atom is 0.223 e. The van der Waals surface area contributed by atoms with E-state index in [9.17, 15) is 9.59 Å². The van der Waals surface area contributed by atoms with E-state index in [1.165, 1.54) is 28.9 Å². The van der Waals surface area contributed by atoms with Gasteiger partial charge in [-0.05, 0) is 64.8 Å². The third kappa shape index (κ3) is 94.3. The van der Waals surface area contributed by atoms with Crippen molar-refractivity contribution in [2.24, 2.45) is 11.8 Å². The number of likely N-dealkylation sites (tertiary alicyclic amines) is 1. The predicted octanol–water partition coefficient (Wildman–Crippen LogP) is 5.09. The van der Waals surface area contributed by atoms with Crippen LogP contribution in [0.1, 0.15) is 57.2 Å². The van der Waals surface area contributed by atoms with Crippen LogP contribution in [0.2, 0.25) is 5.02 Å². The summed E-state index contributed by atoms with van der Waals surface area (Å²) in [5.74, 6) is 1.17. The largest absolute Gasteiger partial charge is 0.343 e. The summed E-state index contributed by atoms with van der Waals surface area (Å²) in [6, 6.07) is 10.7. The Labute approximate surface area is 1010 Å². The van der Waals surface area contributed by atoms with Crippen molar-refractivity contribution >= 4 is 865 Å². The summed E-state index contributed by atoms with van der Waals surface area (Å²) >= 11 is 17.6. The molecule has 2 atom stereocenters. The highest BCUT2D eigenvalue weighted by Crippen LogP contribution is 2.34. The molecule has 100 heteroatoms. The van der Waals surface area contributed by atoms with Crippen LogP contribution < -0.4 is 0 Å². The zero-order chi connectivity index (χ0) is 90.6. The quantitative estimate of drug-likeness (QED) is 0.404. The van der Waals surface area contributed by atoms with E-state index in [0.717, 1.165) is 50.6 Å². The molecule has 2 saturated heterocycles. The minimum atomic E-state index is 0.140. The highest BCUT2D eigenvalue weighted by atomic mass is 35.5. The third-order valence-corrected chi connectivity index (χ3v) is 211. The van der Waals surface area contributed by atoms with Crippen LogP contribution in [0.5, 0.6) is 0 Å². The number of halogens is 1. The first-order valence-corrected chi connectivity index (χ1v) is 152. The molecule has 5 nitrogen and oxygen atoms in total. The molecule has 127 heavy (non-hydrogen) atoms. The molecule has 0 aliphatic carbocycles. The number of piperazine rings is 1. The number of rotatable bonds is 6. The normalized spacial score (nSPS) is 11.4. The van der Waals surface area contributed by atoms with Crippen LogP contribution in [-0.4, -0.2) is 65.3 Å². The van der Waals surface area contributed by atoms with E-state index in [4.69, 9.17) is 34.0 Å². The van der Waals surface area contributed by atoms with Gasteiger partial charge in [-0.15, -0.1) is 0 Å². The number of piperidine rings is 1. The van der Waals surface area contributed by atoms with Crippen molar-refractivity contribution in [2.45, 2.75) is 52.1 Å². The summed E-state index contributed by atoms with van der Waals surface area (Å²) in [7, 11) is 165. The lowest BCUT2D eigenvalue weighted by molar-refractivity contribution is -0.139. The third-order valence-electron chi connectivity index (χ3n) is 9.97. The van der Waals surface area contributed by atoms with Crippen LogP contribution >= 0.6 is 22.9 Å². The maximum absolute atomic E-state index is 13.4. The van der Waals surface area contributed by atoms with E-state index in [1.54, 1.807) is 125 Å². The number of carbonyl (C=O) groups is 2. The average molecular weight is 3480 g/mol. The number of thiophene rings is 1. The Balaban J connectivity index is 0.00000100. The number of nitrogens with zero attached hydrogens (tertiary/aromatic N) is 3. The monoisotopic (exact) mass is 3470 g/mol. The molecule has 1 aromatic heterocycles. The van der Waals surface area contributed by atoms with Crippen LogP contribution in [0.25, 0.3) is 0 Å². The zero-order valence-electron chi connectivity index (χ0n) is 58.4. The van der Waals surface area contributed by atoms with Crippen molar-refractivity contribution in [3.05, 3.63) is 57.2 Å². The molecule has 2 aliphatic rings. The van der Waals surface area contributed by atoms with Crippen molar-refractivity contribution in [3.8, 4) is 0 Å². The molecule has 0 radical (unpaired) electrons. The molecule has 0 N–H and O–H groups in total. The topological polar surface area (TPSA) is 43.9 Å². The molecule has 0 spiro atoms. The fraction of sp³-hybridized carbons (Fsp3) is 0.556. The Morgan fingerprint density at radius 1 is 0.315 bits per heavy atom. The SMILES string of the molecule is CC(=O)N1CCC(CC(=O)N2CCN(C(c3ccc(Cl)cc3)c3ccsc3)C[C@@H]2C(C)C)CC1.S=S=S=S=S=S=S=S=S=S=S=S=S=S=S=S=S=S=S=S=S=S=S=S=S=S=S=S=S=S=S=S=S=S=S=S=S=S=S=S=S=S=S=S=S=S=S=S=S=S=S=S=S=S=S=S=S=S=S=S=S=S=S=S=S=S=S=S=S=S=S=S=S=S=S=S=S=S=S=S=S=S=S=S=S=S=S=S=S=S=S=S=S. The highest BCUT2D eigenvalue weighted by Gasteiger charge is 2.37. The second kappa shape index (κ2) is 114. The summed E-state index contributed by atoms with van der Waals surface area (Å²) in [4.78, 5) is 31.6. The first-order valence-electron chi connectivity index (χ1n) is 27.7. The maximum atomic E-state index is 13.4. The van der Waals surface area contributed by atoms with Gasteiger partial charge in [-0.2, -0.15) is 11.3 Å². The molecule has 2 amide bonds. The van der Waals surface area contributed by atoms with Crippen LogP contribution in [0.15, 0.2) is 41.1 Å². The minimum Gasteiger partial charge on any atom is -0.343 e. The number of amides is 2. The van der Waals surface area contributed by atoms with Crippen molar-refractivity contribution in [3.63, 3.8) is 0 Å². The van der Waals surface area contributed by atoms with Gasteiger partial charge in [-0.1, -0.05) is 37.6 Å². The molecule has 2 aliphatic heterocycles. The molecule has 2 fully saturated rings. The Bertz CT molecular complexity index is 8570. The summed E-state index contributed by atoms with van der Waals surface area (Å²) < 4.78 is 0. The van der Waals surface area contributed by atoms with Gasteiger partial charge in [-0.3, -0.25) is 14.5 Å². The minimum absolute atomic E-state index is 0.140. The summed E-state index contributed by atoms with van der Waals surface area (Å²) in [6.07, 6.45) is 2.45. The Morgan fingerprint density at radius 3 is 0.709 bits per heavy atom. The predicted molar refractivity (Wildman–Crippen MR) is 824 cm³/mol.